The van der Waals surface area contributed by atoms with Gasteiger partial charge in [0.1, 0.15) is 0 Å². The molecule has 1 heterocycles. The fourth-order valence-corrected chi connectivity index (χ4v) is 3.60. The summed E-state index contributed by atoms with van der Waals surface area (Å²) in [6.07, 6.45) is 7.93. The van der Waals surface area contributed by atoms with Crippen molar-refractivity contribution in [1.82, 2.24) is 20.3 Å². The quantitative estimate of drug-likeness (QED) is 0.845. The second-order valence-electron chi connectivity index (χ2n) is 5.65. The summed E-state index contributed by atoms with van der Waals surface area (Å²) in [4.78, 5) is 0. The van der Waals surface area contributed by atoms with Crippen molar-refractivity contribution in [3.63, 3.8) is 0 Å². The Labute approximate surface area is 103 Å². The van der Waals surface area contributed by atoms with Gasteiger partial charge in [0.25, 0.3) is 0 Å². The third-order valence-electron chi connectivity index (χ3n) is 4.45. The topological polar surface area (TPSA) is 42.7 Å². The largest absolute Gasteiger partial charge is 0.311 e. The van der Waals surface area contributed by atoms with Crippen molar-refractivity contribution in [2.24, 2.45) is 17.8 Å². The van der Waals surface area contributed by atoms with E-state index in [4.69, 9.17) is 0 Å². The minimum Gasteiger partial charge on any atom is -0.311 e. The molecule has 17 heavy (non-hydrogen) atoms. The number of aromatic nitrogens is 3. The fourth-order valence-electron chi connectivity index (χ4n) is 3.60. The number of nitrogens with one attached hydrogen (secondary N) is 1. The van der Waals surface area contributed by atoms with Crippen LogP contribution in [0.15, 0.2) is 6.20 Å². The van der Waals surface area contributed by atoms with Crippen molar-refractivity contribution < 1.29 is 0 Å². The van der Waals surface area contributed by atoms with Crippen LogP contribution in [0.1, 0.15) is 38.3 Å². The average molecular weight is 234 g/mol. The highest BCUT2D eigenvalue weighted by Gasteiger charge is 2.39. The van der Waals surface area contributed by atoms with Gasteiger partial charge in [-0.05, 0) is 43.6 Å². The second kappa shape index (κ2) is 4.77. The van der Waals surface area contributed by atoms with Crippen molar-refractivity contribution in [3.05, 3.63) is 11.9 Å². The maximum absolute atomic E-state index is 4.24. The van der Waals surface area contributed by atoms with Crippen molar-refractivity contribution in [2.45, 2.75) is 45.7 Å². The van der Waals surface area contributed by atoms with Crippen LogP contribution >= 0.6 is 0 Å². The average Bonchev–Trinajstić information content (AvgIpc) is 3.02. The fraction of sp³-hybridized carbons (Fsp3) is 0.846. The highest BCUT2D eigenvalue weighted by atomic mass is 15.4. The van der Waals surface area contributed by atoms with Gasteiger partial charge in [-0.3, -0.25) is 4.68 Å². The van der Waals surface area contributed by atoms with E-state index in [1.54, 1.807) is 0 Å². The summed E-state index contributed by atoms with van der Waals surface area (Å²) in [6.45, 7) is 5.02. The predicted molar refractivity (Wildman–Crippen MR) is 66.3 cm³/mol. The van der Waals surface area contributed by atoms with E-state index < -0.39 is 0 Å². The molecule has 3 unspecified atom stereocenters. The highest BCUT2D eigenvalue weighted by molar-refractivity contribution is 4.94. The number of fused-ring (bicyclic) bond motifs is 2. The number of hydrogen-bond acceptors (Lipinski definition) is 3. The zero-order valence-electron chi connectivity index (χ0n) is 10.6. The molecule has 1 aromatic heterocycles. The maximum atomic E-state index is 4.24. The molecule has 2 aliphatic carbocycles. The molecule has 3 atom stereocenters. The molecule has 3 rings (SSSR count). The van der Waals surface area contributed by atoms with Gasteiger partial charge in [0.2, 0.25) is 0 Å². The number of nitrogens with zero attached hydrogens (tertiary/aromatic N) is 3. The lowest BCUT2D eigenvalue weighted by Crippen LogP contribution is -2.17. The van der Waals surface area contributed by atoms with Gasteiger partial charge in [-0.1, -0.05) is 18.6 Å². The zero-order valence-corrected chi connectivity index (χ0v) is 10.6. The SMILES string of the molecule is CCNCc1cn(CC2CC3CCC2C3)nn1. The molecule has 2 aliphatic rings. The van der Waals surface area contributed by atoms with Crippen LogP contribution in [-0.2, 0) is 13.1 Å². The first-order valence-electron chi connectivity index (χ1n) is 6.95. The molecular weight excluding hydrogens is 212 g/mol. The number of rotatable bonds is 5. The van der Waals surface area contributed by atoms with Crippen LogP contribution in [0, 0.1) is 17.8 Å². The molecule has 4 nitrogen and oxygen atoms in total. The minimum atomic E-state index is 0.840. The Hall–Kier alpha value is -0.900. The lowest BCUT2D eigenvalue weighted by atomic mass is 9.89. The summed E-state index contributed by atoms with van der Waals surface area (Å²) in [5.74, 6) is 2.86. The van der Waals surface area contributed by atoms with Crippen molar-refractivity contribution >= 4 is 0 Å². The number of hydrogen-bond donors (Lipinski definition) is 1. The summed E-state index contributed by atoms with van der Waals surface area (Å²) < 4.78 is 2.05. The molecule has 0 aliphatic heterocycles. The van der Waals surface area contributed by atoms with E-state index in [1.807, 2.05) is 0 Å². The molecule has 0 saturated heterocycles. The Morgan fingerprint density at radius 1 is 1.41 bits per heavy atom. The van der Waals surface area contributed by atoms with Gasteiger partial charge in [-0.2, -0.15) is 0 Å². The van der Waals surface area contributed by atoms with E-state index in [-0.39, 0.29) is 0 Å². The van der Waals surface area contributed by atoms with E-state index in [2.05, 4.69) is 33.4 Å². The second-order valence-corrected chi connectivity index (χ2v) is 5.65. The van der Waals surface area contributed by atoms with Crippen LogP contribution in [0.5, 0.6) is 0 Å². The zero-order chi connectivity index (χ0) is 11.7. The molecule has 0 aromatic carbocycles. The molecule has 0 amide bonds. The van der Waals surface area contributed by atoms with Gasteiger partial charge >= 0.3 is 0 Å². The van der Waals surface area contributed by atoms with Crippen LogP contribution in [0.3, 0.4) is 0 Å². The molecule has 94 valence electrons. The molecule has 0 spiro atoms. The molecule has 1 N–H and O–H groups in total. The molecule has 4 heteroatoms. The smallest absolute Gasteiger partial charge is 0.0964 e. The first kappa shape index (κ1) is 11.2. The van der Waals surface area contributed by atoms with E-state index in [0.717, 1.165) is 43.1 Å². The Morgan fingerprint density at radius 3 is 3.06 bits per heavy atom. The van der Waals surface area contributed by atoms with Gasteiger partial charge in [0, 0.05) is 19.3 Å². The monoisotopic (exact) mass is 234 g/mol. The van der Waals surface area contributed by atoms with Crippen molar-refractivity contribution in [2.75, 3.05) is 6.54 Å². The van der Waals surface area contributed by atoms with Gasteiger partial charge < -0.3 is 5.32 Å². The molecule has 0 radical (unpaired) electrons. The van der Waals surface area contributed by atoms with Crippen LogP contribution in [-0.4, -0.2) is 21.5 Å². The van der Waals surface area contributed by atoms with Gasteiger partial charge in [0.15, 0.2) is 0 Å². The van der Waals surface area contributed by atoms with Gasteiger partial charge in [-0.15, -0.1) is 5.10 Å². The van der Waals surface area contributed by atoms with Crippen LogP contribution in [0.25, 0.3) is 0 Å². The minimum absolute atomic E-state index is 0.840. The Kier molecular flexibility index (Phi) is 3.14. The predicted octanol–water partition coefficient (Wildman–Crippen LogP) is 1.82. The Balaban J connectivity index is 1.56. The lowest BCUT2D eigenvalue weighted by molar-refractivity contribution is 0.283. The maximum Gasteiger partial charge on any atom is 0.0964 e. The standard InChI is InChI=1S/C13H22N4/c1-2-14-7-13-9-17(16-15-13)8-12-6-10-3-4-11(12)5-10/h9-12,14H,2-8H2,1H3. The molecule has 1 aromatic rings. The molecule has 2 fully saturated rings. The first-order valence-corrected chi connectivity index (χ1v) is 6.95. The van der Waals surface area contributed by atoms with Crippen molar-refractivity contribution in [1.29, 1.82) is 0 Å². The van der Waals surface area contributed by atoms with E-state index in [0.29, 0.717) is 0 Å². The van der Waals surface area contributed by atoms with E-state index in [1.165, 1.54) is 25.7 Å². The van der Waals surface area contributed by atoms with E-state index >= 15 is 0 Å². The van der Waals surface area contributed by atoms with Crippen LogP contribution in [0.4, 0.5) is 0 Å². The lowest BCUT2D eigenvalue weighted by Gasteiger charge is -2.20. The van der Waals surface area contributed by atoms with Gasteiger partial charge in [0.05, 0.1) is 5.69 Å². The normalized spacial score (nSPS) is 31.2. The molecule has 2 saturated carbocycles. The summed E-state index contributed by atoms with van der Waals surface area (Å²) >= 11 is 0. The summed E-state index contributed by atoms with van der Waals surface area (Å²) in [5, 5.41) is 11.7. The van der Waals surface area contributed by atoms with Crippen LogP contribution < -0.4 is 5.32 Å². The molecule has 2 bridgehead atoms. The van der Waals surface area contributed by atoms with Crippen LogP contribution in [0.2, 0.25) is 0 Å². The summed E-state index contributed by atoms with van der Waals surface area (Å²) in [5.41, 5.74) is 1.06. The summed E-state index contributed by atoms with van der Waals surface area (Å²) in [7, 11) is 0. The van der Waals surface area contributed by atoms with Crippen molar-refractivity contribution in [3.8, 4) is 0 Å². The third-order valence-corrected chi connectivity index (χ3v) is 4.45. The Bertz CT molecular complexity index is 373. The van der Waals surface area contributed by atoms with Gasteiger partial charge in [-0.25, -0.2) is 0 Å². The first-order chi connectivity index (χ1) is 8.35. The van der Waals surface area contributed by atoms with E-state index in [9.17, 15) is 0 Å². The highest BCUT2D eigenvalue weighted by Crippen LogP contribution is 2.48. The summed E-state index contributed by atoms with van der Waals surface area (Å²) in [6, 6.07) is 0. The molecular formula is C13H22N4. The Morgan fingerprint density at radius 2 is 2.35 bits per heavy atom. The third kappa shape index (κ3) is 2.37.